The van der Waals surface area contributed by atoms with Gasteiger partial charge in [-0.05, 0) is 30.2 Å². The number of hydrogen-bond acceptors (Lipinski definition) is 3. The van der Waals surface area contributed by atoms with Crippen LogP contribution < -0.4 is 10.1 Å². The van der Waals surface area contributed by atoms with Crippen molar-refractivity contribution in [1.82, 2.24) is 5.32 Å². The Bertz CT molecular complexity index is 458. The zero-order chi connectivity index (χ0) is 16.0. The summed E-state index contributed by atoms with van der Waals surface area (Å²) in [5.74, 6) is -0.265. The first-order valence-electron chi connectivity index (χ1n) is 6.45. The van der Waals surface area contributed by atoms with Crippen LogP contribution in [-0.4, -0.2) is 30.3 Å². The molecular formula is C14H18F3NO3. The van der Waals surface area contributed by atoms with Crippen molar-refractivity contribution in [1.29, 1.82) is 0 Å². The fourth-order valence-corrected chi connectivity index (χ4v) is 1.39. The molecule has 0 aromatic heterocycles. The van der Waals surface area contributed by atoms with E-state index in [4.69, 9.17) is 4.74 Å². The molecule has 0 saturated heterocycles. The highest BCUT2D eigenvalue weighted by molar-refractivity contribution is 5.77. The number of rotatable bonds is 6. The molecule has 118 valence electrons. The minimum atomic E-state index is -4.40. The van der Waals surface area contributed by atoms with E-state index in [1.165, 1.54) is 0 Å². The van der Waals surface area contributed by atoms with Gasteiger partial charge < -0.3 is 15.2 Å². The van der Waals surface area contributed by atoms with Gasteiger partial charge in [0.05, 0.1) is 11.7 Å². The van der Waals surface area contributed by atoms with E-state index in [1.807, 2.05) is 13.8 Å². The van der Waals surface area contributed by atoms with E-state index < -0.39 is 23.8 Å². The predicted molar refractivity (Wildman–Crippen MR) is 70.8 cm³/mol. The van der Waals surface area contributed by atoms with Gasteiger partial charge in [-0.15, -0.1) is 0 Å². The van der Waals surface area contributed by atoms with Gasteiger partial charge in [0.25, 0.3) is 5.91 Å². The molecule has 1 amide bonds. The first-order chi connectivity index (χ1) is 9.70. The van der Waals surface area contributed by atoms with Gasteiger partial charge in [-0.3, -0.25) is 4.79 Å². The number of aliphatic hydroxyl groups is 1. The van der Waals surface area contributed by atoms with Crippen LogP contribution >= 0.6 is 0 Å². The molecule has 0 fully saturated rings. The van der Waals surface area contributed by atoms with Crippen LogP contribution in [0.5, 0.6) is 5.75 Å². The maximum Gasteiger partial charge on any atom is 0.416 e. The van der Waals surface area contributed by atoms with Gasteiger partial charge in [0.15, 0.2) is 6.61 Å². The molecule has 0 aliphatic carbocycles. The Kier molecular flexibility index (Phi) is 6.02. The van der Waals surface area contributed by atoms with E-state index in [1.54, 1.807) is 0 Å². The quantitative estimate of drug-likeness (QED) is 0.847. The van der Waals surface area contributed by atoms with Crippen molar-refractivity contribution in [3.8, 4) is 5.75 Å². The minimum Gasteiger partial charge on any atom is -0.484 e. The van der Waals surface area contributed by atoms with Crippen LogP contribution in [0.2, 0.25) is 0 Å². The normalized spacial score (nSPS) is 13.1. The molecule has 0 radical (unpaired) electrons. The van der Waals surface area contributed by atoms with Crippen LogP contribution in [0.25, 0.3) is 0 Å². The zero-order valence-corrected chi connectivity index (χ0v) is 11.8. The molecule has 1 aromatic rings. The van der Waals surface area contributed by atoms with E-state index >= 15 is 0 Å². The number of amides is 1. The lowest BCUT2D eigenvalue weighted by molar-refractivity contribution is -0.137. The lowest BCUT2D eigenvalue weighted by Gasteiger charge is -2.15. The van der Waals surface area contributed by atoms with Crippen LogP contribution in [0.3, 0.4) is 0 Å². The molecule has 2 N–H and O–H groups in total. The summed E-state index contributed by atoms with van der Waals surface area (Å²) < 4.78 is 42.1. The predicted octanol–water partition coefficient (Wildman–Crippen LogP) is 2.22. The second-order valence-corrected chi connectivity index (χ2v) is 4.93. The lowest BCUT2D eigenvalue weighted by Crippen LogP contribution is -2.37. The minimum absolute atomic E-state index is 0.0149. The summed E-state index contributed by atoms with van der Waals surface area (Å²) in [6.45, 7) is 3.41. The standard InChI is InChI=1S/C14H18F3NO3/c1-9(2)12(19)7-18-13(20)8-21-11-5-3-10(4-6-11)14(15,16)17/h3-6,9,12,19H,7-8H2,1-2H3,(H,18,20). The number of hydrogen-bond donors (Lipinski definition) is 2. The summed E-state index contributed by atoms with van der Waals surface area (Å²) in [5, 5.41) is 12.0. The molecule has 1 rings (SSSR count). The number of carbonyl (C=O) groups excluding carboxylic acids is 1. The van der Waals surface area contributed by atoms with Crippen molar-refractivity contribution in [2.45, 2.75) is 26.1 Å². The Morgan fingerprint density at radius 3 is 2.33 bits per heavy atom. The molecule has 0 aliphatic rings. The van der Waals surface area contributed by atoms with E-state index in [0.29, 0.717) is 0 Å². The molecule has 1 aromatic carbocycles. The SMILES string of the molecule is CC(C)C(O)CNC(=O)COc1ccc(C(F)(F)F)cc1. The number of halogens is 3. The Balaban J connectivity index is 2.40. The average Bonchev–Trinajstić information content (AvgIpc) is 2.41. The molecular weight excluding hydrogens is 287 g/mol. The van der Waals surface area contributed by atoms with E-state index in [-0.39, 0.29) is 24.8 Å². The fourth-order valence-electron chi connectivity index (χ4n) is 1.39. The third kappa shape index (κ3) is 6.03. The van der Waals surface area contributed by atoms with Gasteiger partial charge in [0.2, 0.25) is 0 Å². The van der Waals surface area contributed by atoms with Gasteiger partial charge in [0.1, 0.15) is 5.75 Å². The molecule has 0 spiro atoms. The number of nitrogens with one attached hydrogen (secondary N) is 1. The fraction of sp³-hybridized carbons (Fsp3) is 0.500. The number of alkyl halides is 3. The molecule has 21 heavy (non-hydrogen) atoms. The molecule has 1 atom stereocenters. The second kappa shape index (κ2) is 7.31. The highest BCUT2D eigenvalue weighted by Crippen LogP contribution is 2.30. The first-order valence-corrected chi connectivity index (χ1v) is 6.45. The number of carbonyl (C=O) groups is 1. The van der Waals surface area contributed by atoms with Crippen LogP contribution in [0.4, 0.5) is 13.2 Å². The van der Waals surface area contributed by atoms with Crippen molar-refractivity contribution in [3.63, 3.8) is 0 Å². The van der Waals surface area contributed by atoms with Gasteiger partial charge in [-0.25, -0.2) is 0 Å². The van der Waals surface area contributed by atoms with Crippen LogP contribution in [-0.2, 0) is 11.0 Å². The third-order valence-corrected chi connectivity index (χ3v) is 2.83. The maximum absolute atomic E-state index is 12.3. The number of aliphatic hydroxyl groups excluding tert-OH is 1. The van der Waals surface area contributed by atoms with Crippen molar-refractivity contribution in [3.05, 3.63) is 29.8 Å². The molecule has 4 nitrogen and oxygen atoms in total. The van der Waals surface area contributed by atoms with E-state index in [0.717, 1.165) is 24.3 Å². The largest absolute Gasteiger partial charge is 0.484 e. The average molecular weight is 305 g/mol. The first kappa shape index (κ1) is 17.3. The summed E-state index contributed by atoms with van der Waals surface area (Å²) >= 11 is 0. The smallest absolute Gasteiger partial charge is 0.416 e. The van der Waals surface area contributed by atoms with Crippen molar-refractivity contribution >= 4 is 5.91 Å². The van der Waals surface area contributed by atoms with E-state index in [9.17, 15) is 23.1 Å². The molecule has 0 heterocycles. The molecule has 0 bridgehead atoms. The monoisotopic (exact) mass is 305 g/mol. The second-order valence-electron chi connectivity index (χ2n) is 4.93. The molecule has 7 heteroatoms. The summed E-state index contributed by atoms with van der Waals surface area (Å²) in [6, 6.07) is 4.07. The number of benzene rings is 1. The molecule has 1 unspecified atom stereocenters. The summed E-state index contributed by atoms with van der Waals surface area (Å²) in [6.07, 6.45) is -5.05. The Morgan fingerprint density at radius 2 is 1.86 bits per heavy atom. The Labute approximate surface area is 120 Å². The highest BCUT2D eigenvalue weighted by Gasteiger charge is 2.30. The summed E-state index contributed by atoms with van der Waals surface area (Å²) in [5.41, 5.74) is -0.778. The van der Waals surface area contributed by atoms with Crippen LogP contribution in [0, 0.1) is 5.92 Å². The Hall–Kier alpha value is -1.76. The Morgan fingerprint density at radius 1 is 1.29 bits per heavy atom. The van der Waals surface area contributed by atoms with Gasteiger partial charge in [0, 0.05) is 6.54 Å². The topological polar surface area (TPSA) is 58.6 Å². The third-order valence-electron chi connectivity index (χ3n) is 2.83. The van der Waals surface area contributed by atoms with Gasteiger partial charge in [-0.2, -0.15) is 13.2 Å². The van der Waals surface area contributed by atoms with Gasteiger partial charge >= 0.3 is 6.18 Å². The van der Waals surface area contributed by atoms with Gasteiger partial charge in [-0.1, -0.05) is 13.8 Å². The summed E-state index contributed by atoms with van der Waals surface area (Å²) in [7, 11) is 0. The van der Waals surface area contributed by atoms with Crippen LogP contribution in [0.1, 0.15) is 19.4 Å². The molecule has 0 saturated carbocycles. The highest BCUT2D eigenvalue weighted by atomic mass is 19.4. The molecule has 0 aliphatic heterocycles. The maximum atomic E-state index is 12.3. The number of ether oxygens (including phenoxy) is 1. The van der Waals surface area contributed by atoms with E-state index in [2.05, 4.69) is 5.32 Å². The summed E-state index contributed by atoms with van der Waals surface area (Å²) in [4.78, 5) is 11.4. The zero-order valence-electron chi connectivity index (χ0n) is 11.8. The van der Waals surface area contributed by atoms with Crippen molar-refractivity contribution in [2.75, 3.05) is 13.2 Å². The van der Waals surface area contributed by atoms with Crippen molar-refractivity contribution in [2.24, 2.45) is 5.92 Å². The van der Waals surface area contributed by atoms with Crippen molar-refractivity contribution < 1.29 is 27.8 Å². The lowest BCUT2D eigenvalue weighted by atomic mass is 10.1. The van der Waals surface area contributed by atoms with Crippen LogP contribution in [0.15, 0.2) is 24.3 Å².